The normalized spacial score (nSPS) is 20.6. The van der Waals surface area contributed by atoms with Gasteiger partial charge in [-0.25, -0.2) is 0 Å². The van der Waals surface area contributed by atoms with Crippen LogP contribution >= 0.6 is 0 Å². The van der Waals surface area contributed by atoms with Crippen molar-refractivity contribution < 1.29 is 5.11 Å². The fourth-order valence-corrected chi connectivity index (χ4v) is 3.62. The minimum Gasteiger partial charge on any atom is -0.392 e. The molecule has 0 amide bonds. The van der Waals surface area contributed by atoms with E-state index in [0.29, 0.717) is 12.0 Å². The Labute approximate surface area is 139 Å². The van der Waals surface area contributed by atoms with Crippen molar-refractivity contribution in [2.24, 2.45) is 0 Å². The van der Waals surface area contributed by atoms with E-state index < -0.39 is 0 Å². The molecule has 1 fully saturated rings. The summed E-state index contributed by atoms with van der Waals surface area (Å²) in [6, 6.07) is 21.8. The van der Waals surface area contributed by atoms with Gasteiger partial charge in [-0.1, -0.05) is 60.7 Å². The van der Waals surface area contributed by atoms with E-state index in [4.69, 9.17) is 0 Å². The van der Waals surface area contributed by atoms with E-state index in [2.05, 4.69) is 70.9 Å². The average molecular weight is 310 g/mol. The molecule has 1 saturated heterocycles. The number of aliphatic hydroxyl groups is 1. The highest BCUT2D eigenvalue weighted by molar-refractivity contribution is 5.34. The van der Waals surface area contributed by atoms with Crippen LogP contribution in [-0.2, 0) is 0 Å². The molecule has 122 valence electrons. The molecule has 1 heterocycles. The van der Waals surface area contributed by atoms with Crippen LogP contribution in [0.5, 0.6) is 0 Å². The number of β-amino-alcohol motifs (C(OH)–C–C–N with tert-alkyl or cyclic N) is 1. The topological polar surface area (TPSA) is 35.5 Å². The summed E-state index contributed by atoms with van der Waals surface area (Å²) in [6.45, 7) is 5.51. The molecule has 0 aliphatic carbocycles. The summed E-state index contributed by atoms with van der Waals surface area (Å²) < 4.78 is 0. The van der Waals surface area contributed by atoms with Crippen molar-refractivity contribution in [1.29, 1.82) is 0 Å². The second kappa shape index (κ2) is 7.73. The lowest BCUT2D eigenvalue weighted by Gasteiger charge is -2.41. The van der Waals surface area contributed by atoms with Gasteiger partial charge in [-0.2, -0.15) is 0 Å². The first-order valence-electron chi connectivity index (χ1n) is 8.48. The third-order valence-electron chi connectivity index (χ3n) is 4.60. The Kier molecular flexibility index (Phi) is 5.44. The fourth-order valence-electron chi connectivity index (χ4n) is 3.62. The molecule has 2 aromatic carbocycles. The van der Waals surface area contributed by atoms with E-state index >= 15 is 0 Å². The van der Waals surface area contributed by atoms with Crippen LogP contribution in [0.4, 0.5) is 0 Å². The van der Waals surface area contributed by atoms with E-state index in [1.54, 1.807) is 0 Å². The summed E-state index contributed by atoms with van der Waals surface area (Å²) in [5, 5.41) is 13.4. The predicted octanol–water partition coefficient (Wildman–Crippen LogP) is 2.47. The van der Waals surface area contributed by atoms with Gasteiger partial charge < -0.3 is 10.4 Å². The van der Waals surface area contributed by atoms with Crippen LogP contribution in [-0.4, -0.2) is 48.3 Å². The zero-order valence-corrected chi connectivity index (χ0v) is 13.7. The molecular weight excluding hydrogens is 284 g/mol. The van der Waals surface area contributed by atoms with Gasteiger partial charge in [-0.05, 0) is 18.1 Å². The summed E-state index contributed by atoms with van der Waals surface area (Å²) in [4.78, 5) is 2.44. The highest BCUT2D eigenvalue weighted by atomic mass is 16.3. The fraction of sp³-hybridized carbons (Fsp3) is 0.400. The first-order valence-corrected chi connectivity index (χ1v) is 8.48. The molecule has 3 heteroatoms. The Hall–Kier alpha value is -1.68. The predicted molar refractivity (Wildman–Crippen MR) is 94.6 cm³/mol. The first kappa shape index (κ1) is 16.2. The van der Waals surface area contributed by atoms with Crippen molar-refractivity contribution in [1.82, 2.24) is 10.2 Å². The zero-order chi connectivity index (χ0) is 16.1. The van der Waals surface area contributed by atoms with E-state index in [1.807, 2.05) is 6.92 Å². The van der Waals surface area contributed by atoms with E-state index in [0.717, 1.165) is 26.2 Å². The van der Waals surface area contributed by atoms with Gasteiger partial charge in [0.15, 0.2) is 0 Å². The molecule has 0 saturated carbocycles. The minimum absolute atomic E-state index is 0.303. The molecular formula is C20H26N2O. The molecule has 0 aromatic heterocycles. The van der Waals surface area contributed by atoms with Crippen LogP contribution in [0, 0.1) is 0 Å². The highest BCUT2D eigenvalue weighted by Crippen LogP contribution is 2.31. The third-order valence-corrected chi connectivity index (χ3v) is 4.60. The summed E-state index contributed by atoms with van der Waals surface area (Å²) in [6.07, 6.45) is -0.303. The van der Waals surface area contributed by atoms with Crippen LogP contribution in [0.2, 0.25) is 0 Å². The molecule has 2 unspecified atom stereocenters. The highest BCUT2D eigenvalue weighted by Gasteiger charge is 2.32. The monoisotopic (exact) mass is 310 g/mol. The molecule has 3 rings (SSSR count). The van der Waals surface area contributed by atoms with Crippen LogP contribution in [0.3, 0.4) is 0 Å². The maximum Gasteiger partial charge on any atom is 0.0639 e. The number of rotatable bonds is 5. The zero-order valence-electron chi connectivity index (χ0n) is 13.7. The number of hydrogen-bond acceptors (Lipinski definition) is 3. The SMILES string of the molecule is CC(O)CN1CCNCC1C(c1ccccc1)c1ccccc1. The van der Waals surface area contributed by atoms with Crippen molar-refractivity contribution in [3.63, 3.8) is 0 Å². The van der Waals surface area contributed by atoms with E-state index in [-0.39, 0.29) is 6.10 Å². The smallest absolute Gasteiger partial charge is 0.0639 e. The Balaban J connectivity index is 1.96. The molecule has 23 heavy (non-hydrogen) atoms. The molecule has 3 nitrogen and oxygen atoms in total. The molecule has 1 aliphatic heterocycles. The largest absolute Gasteiger partial charge is 0.392 e. The van der Waals surface area contributed by atoms with Crippen molar-refractivity contribution in [2.75, 3.05) is 26.2 Å². The van der Waals surface area contributed by atoms with Crippen molar-refractivity contribution in [3.8, 4) is 0 Å². The minimum atomic E-state index is -0.303. The third kappa shape index (κ3) is 3.99. The molecule has 0 spiro atoms. The van der Waals surface area contributed by atoms with Gasteiger partial charge in [-0.3, -0.25) is 4.90 Å². The van der Waals surface area contributed by atoms with Crippen LogP contribution in [0.1, 0.15) is 24.0 Å². The van der Waals surface area contributed by atoms with Crippen molar-refractivity contribution in [2.45, 2.75) is 25.0 Å². The summed E-state index contributed by atoms with van der Waals surface area (Å²) >= 11 is 0. The van der Waals surface area contributed by atoms with E-state index in [1.165, 1.54) is 11.1 Å². The number of aliphatic hydroxyl groups excluding tert-OH is 1. The Morgan fingerprint density at radius 3 is 2.13 bits per heavy atom. The second-order valence-electron chi connectivity index (χ2n) is 6.41. The number of nitrogens with one attached hydrogen (secondary N) is 1. The first-order chi connectivity index (χ1) is 11.3. The Morgan fingerprint density at radius 1 is 1.04 bits per heavy atom. The molecule has 1 aliphatic rings. The van der Waals surface area contributed by atoms with Crippen LogP contribution < -0.4 is 5.32 Å². The van der Waals surface area contributed by atoms with Gasteiger partial charge in [0, 0.05) is 38.1 Å². The van der Waals surface area contributed by atoms with Crippen molar-refractivity contribution >= 4 is 0 Å². The standard InChI is InChI=1S/C20H26N2O/c1-16(23)15-22-13-12-21-14-19(22)20(17-8-4-2-5-9-17)18-10-6-3-7-11-18/h2-11,16,19-21,23H,12-15H2,1H3. The van der Waals surface area contributed by atoms with Gasteiger partial charge in [0.1, 0.15) is 0 Å². The second-order valence-corrected chi connectivity index (χ2v) is 6.41. The van der Waals surface area contributed by atoms with Crippen LogP contribution in [0.25, 0.3) is 0 Å². The maximum absolute atomic E-state index is 9.88. The number of hydrogen-bond donors (Lipinski definition) is 2. The quantitative estimate of drug-likeness (QED) is 0.890. The maximum atomic E-state index is 9.88. The number of nitrogens with zero attached hydrogens (tertiary/aromatic N) is 1. The average Bonchev–Trinajstić information content (AvgIpc) is 2.58. The number of piperazine rings is 1. The summed E-state index contributed by atoms with van der Waals surface area (Å²) in [5.41, 5.74) is 2.67. The molecule has 0 radical (unpaired) electrons. The van der Waals surface area contributed by atoms with Gasteiger partial charge in [0.2, 0.25) is 0 Å². The van der Waals surface area contributed by atoms with Gasteiger partial charge >= 0.3 is 0 Å². The lowest BCUT2D eigenvalue weighted by atomic mass is 9.83. The Bertz CT molecular complexity index is 546. The summed E-state index contributed by atoms with van der Waals surface area (Å²) in [5.74, 6) is 0.309. The van der Waals surface area contributed by atoms with Gasteiger partial charge in [0.05, 0.1) is 6.10 Å². The molecule has 2 N–H and O–H groups in total. The van der Waals surface area contributed by atoms with Crippen molar-refractivity contribution in [3.05, 3.63) is 71.8 Å². The van der Waals surface area contributed by atoms with E-state index in [9.17, 15) is 5.11 Å². The van der Waals surface area contributed by atoms with Crippen LogP contribution in [0.15, 0.2) is 60.7 Å². The van der Waals surface area contributed by atoms with Gasteiger partial charge in [-0.15, -0.1) is 0 Å². The van der Waals surface area contributed by atoms with Gasteiger partial charge in [0.25, 0.3) is 0 Å². The number of benzene rings is 2. The molecule has 2 atom stereocenters. The lowest BCUT2D eigenvalue weighted by Crippen LogP contribution is -2.55. The Morgan fingerprint density at radius 2 is 1.61 bits per heavy atom. The lowest BCUT2D eigenvalue weighted by molar-refractivity contribution is 0.0771. The summed E-state index contributed by atoms with van der Waals surface area (Å²) in [7, 11) is 0. The molecule has 0 bridgehead atoms. The molecule has 2 aromatic rings.